The van der Waals surface area contributed by atoms with Gasteiger partial charge in [-0.3, -0.25) is 0 Å². The molecule has 0 amide bonds. The van der Waals surface area contributed by atoms with Gasteiger partial charge in [-0.05, 0) is 22.0 Å². The average Bonchev–Trinajstić information content (AvgIpc) is 1.47. The van der Waals surface area contributed by atoms with Crippen LogP contribution in [0.4, 0.5) is 0 Å². The first-order valence-corrected chi connectivity index (χ1v) is 7.23. The molecule has 0 spiro atoms. The Morgan fingerprint density at radius 3 is 2.12 bits per heavy atom. The van der Waals surface area contributed by atoms with Crippen LogP contribution in [-0.2, 0) is 0 Å². The zero-order valence-electron chi connectivity index (χ0n) is 4.20. The van der Waals surface area contributed by atoms with Gasteiger partial charge in [-0.2, -0.15) is 11.8 Å². The standard InChI is InChI=1S/C4H6S4/c1-2-5-3(1)4-6-8-7-4/h3-4H,1-2H2. The SMILES string of the molecule is C1CC(C2SSS2)S1. The predicted molar refractivity (Wildman–Crippen MR) is 47.4 cm³/mol. The van der Waals surface area contributed by atoms with Gasteiger partial charge in [0.15, 0.2) is 0 Å². The fourth-order valence-electron chi connectivity index (χ4n) is 0.677. The van der Waals surface area contributed by atoms with Gasteiger partial charge < -0.3 is 0 Å². The molecule has 2 aliphatic heterocycles. The van der Waals surface area contributed by atoms with Crippen LogP contribution in [0.1, 0.15) is 6.42 Å². The van der Waals surface area contributed by atoms with E-state index in [1.807, 2.05) is 31.4 Å². The highest BCUT2D eigenvalue weighted by atomic mass is 33.5. The first-order valence-electron chi connectivity index (χ1n) is 2.57. The second-order valence-corrected chi connectivity index (χ2v) is 7.80. The molecule has 2 heterocycles. The Bertz CT molecular complexity index is 74.0. The second-order valence-electron chi connectivity index (χ2n) is 1.83. The van der Waals surface area contributed by atoms with E-state index >= 15 is 0 Å². The highest BCUT2D eigenvalue weighted by Crippen LogP contribution is 2.61. The molecule has 0 aromatic carbocycles. The van der Waals surface area contributed by atoms with Crippen LogP contribution in [0, 0.1) is 0 Å². The second kappa shape index (κ2) is 2.56. The van der Waals surface area contributed by atoms with Gasteiger partial charge in [0.25, 0.3) is 0 Å². The van der Waals surface area contributed by atoms with Crippen molar-refractivity contribution in [1.82, 2.24) is 0 Å². The van der Waals surface area contributed by atoms with Crippen LogP contribution in [0.25, 0.3) is 0 Å². The molecule has 46 valence electrons. The van der Waals surface area contributed by atoms with Crippen molar-refractivity contribution in [3.63, 3.8) is 0 Å². The molecule has 8 heavy (non-hydrogen) atoms. The average molecular weight is 182 g/mol. The number of hydrogen-bond acceptors (Lipinski definition) is 4. The van der Waals surface area contributed by atoms with Crippen LogP contribution < -0.4 is 0 Å². The van der Waals surface area contributed by atoms with E-state index in [1.165, 1.54) is 12.2 Å². The van der Waals surface area contributed by atoms with Crippen molar-refractivity contribution in [1.29, 1.82) is 0 Å². The van der Waals surface area contributed by atoms with Crippen molar-refractivity contribution in [2.75, 3.05) is 5.75 Å². The van der Waals surface area contributed by atoms with Crippen LogP contribution in [0.2, 0.25) is 0 Å². The lowest BCUT2D eigenvalue weighted by molar-refractivity contribution is 0.850. The summed E-state index contributed by atoms with van der Waals surface area (Å²) in [6.07, 6.45) is 1.47. The topological polar surface area (TPSA) is 0 Å². The van der Waals surface area contributed by atoms with E-state index in [1.54, 1.807) is 0 Å². The maximum Gasteiger partial charge on any atom is 0.0844 e. The summed E-state index contributed by atoms with van der Waals surface area (Å²) in [6, 6.07) is 0. The van der Waals surface area contributed by atoms with Gasteiger partial charge in [-0.15, -0.1) is 0 Å². The van der Waals surface area contributed by atoms with Gasteiger partial charge in [-0.1, -0.05) is 21.6 Å². The van der Waals surface area contributed by atoms with Crippen LogP contribution in [0.5, 0.6) is 0 Å². The molecule has 0 radical (unpaired) electrons. The van der Waals surface area contributed by atoms with Crippen LogP contribution >= 0.6 is 43.2 Å². The Kier molecular flexibility index (Phi) is 1.96. The third kappa shape index (κ3) is 1.00. The molecule has 0 aromatic rings. The van der Waals surface area contributed by atoms with Gasteiger partial charge >= 0.3 is 0 Å². The third-order valence-electron chi connectivity index (χ3n) is 1.31. The van der Waals surface area contributed by atoms with E-state index in [9.17, 15) is 0 Å². The Morgan fingerprint density at radius 1 is 1.25 bits per heavy atom. The molecule has 0 nitrogen and oxygen atoms in total. The van der Waals surface area contributed by atoms with Gasteiger partial charge in [0.1, 0.15) is 0 Å². The summed E-state index contributed by atoms with van der Waals surface area (Å²) in [5, 5.41) is 1.01. The summed E-state index contributed by atoms with van der Waals surface area (Å²) in [5.74, 6) is 1.41. The summed E-state index contributed by atoms with van der Waals surface area (Å²) in [4.78, 5) is 0. The zero-order valence-corrected chi connectivity index (χ0v) is 7.47. The normalized spacial score (nSPS) is 38.2. The minimum atomic E-state index is 0.943. The van der Waals surface area contributed by atoms with Crippen molar-refractivity contribution in [2.45, 2.75) is 16.3 Å². The quantitative estimate of drug-likeness (QED) is 0.572. The summed E-state index contributed by atoms with van der Waals surface area (Å²) in [7, 11) is 6.04. The van der Waals surface area contributed by atoms with Crippen molar-refractivity contribution >= 4 is 43.2 Å². The van der Waals surface area contributed by atoms with Crippen LogP contribution in [0.3, 0.4) is 0 Å². The van der Waals surface area contributed by atoms with E-state index in [-0.39, 0.29) is 0 Å². The van der Waals surface area contributed by atoms with Crippen molar-refractivity contribution < 1.29 is 0 Å². The summed E-state index contributed by atoms with van der Waals surface area (Å²) in [5.41, 5.74) is 0. The molecular weight excluding hydrogens is 176 g/mol. The first kappa shape index (κ1) is 6.13. The number of rotatable bonds is 1. The highest BCUT2D eigenvalue weighted by molar-refractivity contribution is 9.17. The minimum Gasteiger partial charge on any atom is -0.156 e. The van der Waals surface area contributed by atoms with Gasteiger partial charge in [0.05, 0.1) is 4.58 Å². The molecule has 2 rings (SSSR count). The molecule has 2 saturated heterocycles. The predicted octanol–water partition coefficient (Wildman–Crippen LogP) is 2.86. The summed E-state index contributed by atoms with van der Waals surface area (Å²) < 4.78 is 0.943. The summed E-state index contributed by atoms with van der Waals surface area (Å²) in [6.45, 7) is 0. The lowest BCUT2D eigenvalue weighted by atomic mass is 10.3. The Balaban J connectivity index is 1.79. The molecule has 2 aliphatic rings. The Labute approximate surface area is 65.1 Å². The molecule has 0 aromatic heterocycles. The fraction of sp³-hybridized carbons (Fsp3) is 1.00. The van der Waals surface area contributed by atoms with Gasteiger partial charge in [0, 0.05) is 5.25 Å². The zero-order chi connectivity index (χ0) is 5.40. The lowest BCUT2D eigenvalue weighted by Crippen LogP contribution is -2.26. The van der Waals surface area contributed by atoms with Gasteiger partial charge in [-0.25, -0.2) is 0 Å². The molecular formula is C4H6S4. The molecule has 0 N–H and O–H groups in total. The fourth-order valence-corrected chi connectivity index (χ4v) is 6.09. The lowest BCUT2D eigenvalue weighted by Gasteiger charge is -2.35. The first-order chi connectivity index (χ1) is 3.97. The van der Waals surface area contributed by atoms with E-state index in [4.69, 9.17) is 0 Å². The number of thioether (sulfide) groups is 1. The van der Waals surface area contributed by atoms with Crippen molar-refractivity contribution in [3.8, 4) is 0 Å². The van der Waals surface area contributed by atoms with Crippen LogP contribution in [0.15, 0.2) is 0 Å². The smallest absolute Gasteiger partial charge is 0.0844 e. The summed E-state index contributed by atoms with van der Waals surface area (Å²) >= 11 is 2.13. The molecule has 0 aliphatic carbocycles. The molecule has 0 bridgehead atoms. The van der Waals surface area contributed by atoms with E-state index in [0.29, 0.717) is 0 Å². The minimum absolute atomic E-state index is 0.943. The number of hydrogen-bond donors (Lipinski definition) is 0. The highest BCUT2D eigenvalue weighted by Gasteiger charge is 2.34. The maximum absolute atomic E-state index is 2.13. The molecule has 4 heteroatoms. The monoisotopic (exact) mass is 182 g/mol. The maximum atomic E-state index is 2.13. The van der Waals surface area contributed by atoms with E-state index in [0.717, 1.165) is 9.83 Å². The van der Waals surface area contributed by atoms with E-state index in [2.05, 4.69) is 11.8 Å². The van der Waals surface area contributed by atoms with E-state index < -0.39 is 0 Å². The largest absolute Gasteiger partial charge is 0.156 e. The van der Waals surface area contributed by atoms with Crippen molar-refractivity contribution in [2.24, 2.45) is 0 Å². The third-order valence-corrected chi connectivity index (χ3v) is 8.69. The Hall–Kier alpha value is 1.40. The molecule has 0 saturated carbocycles. The Morgan fingerprint density at radius 2 is 2.00 bits per heavy atom. The van der Waals surface area contributed by atoms with Crippen molar-refractivity contribution in [3.05, 3.63) is 0 Å². The molecule has 1 atom stereocenters. The molecule has 1 unspecified atom stereocenters. The van der Waals surface area contributed by atoms with Gasteiger partial charge in [0.2, 0.25) is 0 Å². The molecule has 2 fully saturated rings. The van der Waals surface area contributed by atoms with Crippen LogP contribution in [-0.4, -0.2) is 15.6 Å².